The third kappa shape index (κ3) is 4.90. The Kier molecular flexibility index (Phi) is 6.72. The smallest absolute Gasteiger partial charge is 0.383 e. The van der Waals surface area contributed by atoms with E-state index in [0.717, 1.165) is 6.07 Å². The first kappa shape index (κ1) is 25.2. The molecular formula is C26H25F3N8O. The van der Waals surface area contributed by atoms with Crippen LogP contribution in [-0.4, -0.2) is 45.1 Å². The first-order chi connectivity index (χ1) is 18.3. The Balaban J connectivity index is 1.67. The van der Waals surface area contributed by atoms with Crippen molar-refractivity contribution in [2.75, 3.05) is 30.8 Å². The van der Waals surface area contributed by atoms with Crippen LogP contribution < -0.4 is 21.5 Å². The fourth-order valence-electron chi connectivity index (χ4n) is 4.31. The minimum absolute atomic E-state index is 0.0843. The van der Waals surface area contributed by atoms with Gasteiger partial charge in [0.2, 0.25) is 0 Å². The highest BCUT2D eigenvalue weighted by atomic mass is 19.4. The highest BCUT2D eigenvalue weighted by Gasteiger charge is 2.34. The molecule has 5 aromatic rings. The zero-order valence-corrected chi connectivity index (χ0v) is 20.6. The molecule has 3 heterocycles. The van der Waals surface area contributed by atoms with Gasteiger partial charge in [0.1, 0.15) is 17.2 Å². The molecule has 1 atom stereocenters. The number of anilines is 2. The molecule has 12 heteroatoms. The number of hydrogen-bond acceptors (Lipinski definition) is 7. The Morgan fingerprint density at radius 1 is 1.00 bits per heavy atom. The van der Waals surface area contributed by atoms with Gasteiger partial charge in [-0.1, -0.05) is 18.2 Å². The van der Waals surface area contributed by atoms with Crippen LogP contribution >= 0.6 is 0 Å². The number of hydrogen-bond donors (Lipinski definition) is 5. The highest BCUT2D eigenvalue weighted by Crippen LogP contribution is 2.38. The van der Waals surface area contributed by atoms with E-state index in [2.05, 4.69) is 40.9 Å². The number of rotatable bonds is 8. The van der Waals surface area contributed by atoms with Crippen LogP contribution in [0.5, 0.6) is 0 Å². The lowest BCUT2D eigenvalue weighted by Crippen LogP contribution is -2.19. The van der Waals surface area contributed by atoms with Crippen LogP contribution in [0.3, 0.4) is 0 Å². The molecule has 0 saturated carbocycles. The van der Waals surface area contributed by atoms with Crippen molar-refractivity contribution in [3.8, 4) is 11.4 Å². The van der Waals surface area contributed by atoms with E-state index in [1.54, 1.807) is 37.6 Å². The molecule has 0 aliphatic heterocycles. The molecule has 0 unspecified atom stereocenters. The Hall–Kier alpha value is -4.45. The number of H-pyrrole nitrogens is 2. The van der Waals surface area contributed by atoms with Crippen LogP contribution in [0.2, 0.25) is 0 Å². The number of nitrogens with one attached hydrogen (secondary N) is 5. The molecule has 0 aliphatic rings. The molecule has 0 amide bonds. The number of halogens is 3. The molecule has 0 saturated heterocycles. The molecular weight excluding hydrogens is 497 g/mol. The van der Waals surface area contributed by atoms with Gasteiger partial charge in [-0.05, 0) is 38.2 Å². The maximum Gasteiger partial charge on any atom is 0.418 e. The number of likely N-dealkylation sites (N-methyl/N-ethyl adjacent to an activating group) is 1. The van der Waals surface area contributed by atoms with Crippen molar-refractivity contribution in [3.05, 3.63) is 76.6 Å². The van der Waals surface area contributed by atoms with Crippen molar-refractivity contribution >= 4 is 33.3 Å². The lowest BCUT2D eigenvalue weighted by molar-refractivity contribution is -0.136. The topological polar surface area (TPSA) is 123 Å². The van der Waals surface area contributed by atoms with E-state index < -0.39 is 17.3 Å². The summed E-state index contributed by atoms with van der Waals surface area (Å²) >= 11 is 0. The number of para-hydroxylation sites is 1. The van der Waals surface area contributed by atoms with Crippen molar-refractivity contribution < 1.29 is 13.2 Å². The highest BCUT2D eigenvalue weighted by molar-refractivity contribution is 5.99. The summed E-state index contributed by atoms with van der Waals surface area (Å²) in [5, 5.41) is 9.75. The molecule has 0 fully saturated rings. The van der Waals surface area contributed by atoms with Gasteiger partial charge < -0.3 is 25.9 Å². The van der Waals surface area contributed by atoms with Crippen LogP contribution in [-0.2, 0) is 6.18 Å². The number of nitrogens with zero attached hydrogens (tertiary/aromatic N) is 3. The van der Waals surface area contributed by atoms with Crippen LogP contribution in [0.4, 0.5) is 24.5 Å². The lowest BCUT2D eigenvalue weighted by atomic mass is 10.1. The minimum atomic E-state index is -4.58. The molecule has 5 rings (SSSR count). The molecule has 0 spiro atoms. The summed E-state index contributed by atoms with van der Waals surface area (Å²) in [6.45, 7) is 2.62. The number of aromatic amines is 2. The Morgan fingerprint density at radius 2 is 1.76 bits per heavy atom. The van der Waals surface area contributed by atoms with Crippen molar-refractivity contribution in [2.24, 2.45) is 0 Å². The molecule has 0 aliphatic carbocycles. The van der Waals surface area contributed by atoms with Gasteiger partial charge in [0.05, 0.1) is 33.8 Å². The van der Waals surface area contributed by atoms with Crippen LogP contribution in [0.15, 0.2) is 59.7 Å². The zero-order chi connectivity index (χ0) is 26.9. The van der Waals surface area contributed by atoms with E-state index >= 15 is 0 Å². The molecule has 5 N–H and O–H groups in total. The molecule has 38 heavy (non-hydrogen) atoms. The predicted molar refractivity (Wildman–Crippen MR) is 141 cm³/mol. The summed E-state index contributed by atoms with van der Waals surface area (Å²) in [6, 6.07) is 10.9. The SMILES string of the molecule is CNCCNc1cc2nc(-c3c(N[C@@H](C)c4ncccn4)c4ccccc4[nH]c3=O)[nH]c2cc1C(F)(F)F. The average molecular weight is 523 g/mol. The Bertz CT molecular complexity index is 1650. The summed E-state index contributed by atoms with van der Waals surface area (Å²) in [7, 11) is 1.72. The van der Waals surface area contributed by atoms with Gasteiger partial charge in [-0.3, -0.25) is 4.79 Å². The molecule has 0 bridgehead atoms. The molecule has 2 aromatic carbocycles. The van der Waals surface area contributed by atoms with Crippen molar-refractivity contribution in [2.45, 2.75) is 19.1 Å². The maximum absolute atomic E-state index is 13.9. The molecule has 3 aromatic heterocycles. The summed E-state index contributed by atoms with van der Waals surface area (Å²) in [6.07, 6.45) is -1.34. The minimum Gasteiger partial charge on any atom is -0.383 e. The number of imidazole rings is 1. The van der Waals surface area contributed by atoms with Gasteiger partial charge in [0.25, 0.3) is 5.56 Å². The number of pyridine rings is 1. The summed E-state index contributed by atoms with van der Waals surface area (Å²) in [5.41, 5.74) is 0.317. The van der Waals surface area contributed by atoms with Crippen molar-refractivity contribution in [3.63, 3.8) is 0 Å². The second-order valence-corrected chi connectivity index (χ2v) is 8.75. The molecule has 9 nitrogen and oxygen atoms in total. The van der Waals surface area contributed by atoms with E-state index in [-0.39, 0.29) is 34.2 Å². The van der Waals surface area contributed by atoms with Gasteiger partial charge in [-0.25, -0.2) is 15.0 Å². The van der Waals surface area contributed by atoms with Crippen molar-refractivity contribution in [1.82, 2.24) is 30.2 Å². The van der Waals surface area contributed by atoms with E-state index in [1.807, 2.05) is 19.1 Å². The summed E-state index contributed by atoms with van der Waals surface area (Å²) in [4.78, 5) is 32.2. The summed E-state index contributed by atoms with van der Waals surface area (Å²) in [5.74, 6) is 0.649. The predicted octanol–water partition coefficient (Wildman–Crippen LogP) is 4.68. The monoisotopic (exact) mass is 522 g/mol. The van der Waals surface area contributed by atoms with E-state index in [4.69, 9.17) is 0 Å². The number of benzene rings is 2. The number of alkyl halides is 3. The maximum atomic E-state index is 13.9. The van der Waals surface area contributed by atoms with E-state index in [0.29, 0.717) is 35.5 Å². The first-order valence-corrected chi connectivity index (χ1v) is 11.9. The van der Waals surface area contributed by atoms with E-state index in [1.165, 1.54) is 6.07 Å². The van der Waals surface area contributed by atoms with Gasteiger partial charge in [-0.15, -0.1) is 0 Å². The Labute approximate surface area is 214 Å². The fraction of sp³-hybridized carbons (Fsp3) is 0.231. The van der Waals surface area contributed by atoms with Crippen LogP contribution in [0, 0.1) is 0 Å². The van der Waals surface area contributed by atoms with Crippen LogP contribution in [0.25, 0.3) is 33.3 Å². The third-order valence-electron chi connectivity index (χ3n) is 6.11. The van der Waals surface area contributed by atoms with Gasteiger partial charge in [0, 0.05) is 36.6 Å². The fourth-order valence-corrected chi connectivity index (χ4v) is 4.31. The van der Waals surface area contributed by atoms with Gasteiger partial charge >= 0.3 is 6.18 Å². The summed E-state index contributed by atoms with van der Waals surface area (Å²) < 4.78 is 41.6. The molecule has 196 valence electrons. The standard InChI is InChI=1S/C26H25F3N8O/c1-14(23-32-8-5-9-33-23)34-22-15-6-3-4-7-17(15)37-25(38)21(22)24-35-19-12-16(26(27,28)29)18(13-20(19)36-24)31-11-10-30-2/h3-9,12-14,30-31H,10-11H2,1-2H3,(H,35,36)(H2,34,37,38)/t14-/m0/s1. The quantitative estimate of drug-likeness (QED) is 0.188. The normalized spacial score (nSPS) is 12.7. The largest absolute Gasteiger partial charge is 0.418 e. The van der Waals surface area contributed by atoms with Gasteiger partial charge in [0.15, 0.2) is 0 Å². The van der Waals surface area contributed by atoms with E-state index in [9.17, 15) is 18.0 Å². The lowest BCUT2D eigenvalue weighted by Gasteiger charge is -2.18. The molecule has 0 radical (unpaired) electrons. The number of fused-ring (bicyclic) bond motifs is 2. The Morgan fingerprint density at radius 3 is 2.50 bits per heavy atom. The average Bonchev–Trinajstić information content (AvgIpc) is 3.30. The third-order valence-corrected chi connectivity index (χ3v) is 6.11. The van der Waals surface area contributed by atoms with Crippen molar-refractivity contribution in [1.29, 1.82) is 0 Å². The van der Waals surface area contributed by atoms with Crippen LogP contribution in [0.1, 0.15) is 24.4 Å². The second-order valence-electron chi connectivity index (χ2n) is 8.75. The number of aromatic nitrogens is 5. The first-order valence-electron chi connectivity index (χ1n) is 11.9. The zero-order valence-electron chi connectivity index (χ0n) is 20.6. The second kappa shape index (κ2) is 10.1. The van der Waals surface area contributed by atoms with Gasteiger partial charge in [-0.2, -0.15) is 13.2 Å².